The standard InChI is InChI=1S/C10H14N2O2/c11-6-5-9-7-12(10(13)14-9)8-3-1-2-4-8/h8-9H,1-5,7H2. The van der Waals surface area contributed by atoms with Crippen LogP contribution in [0.4, 0.5) is 4.79 Å². The summed E-state index contributed by atoms with van der Waals surface area (Å²) in [7, 11) is 0. The SMILES string of the molecule is N#CCC1CN(C2CCCC2)C(=O)O1. The normalized spacial score (nSPS) is 27.8. The van der Waals surface area contributed by atoms with Crippen molar-refractivity contribution in [3.8, 4) is 6.07 Å². The molecule has 1 aliphatic heterocycles. The van der Waals surface area contributed by atoms with Crippen molar-refractivity contribution in [1.82, 2.24) is 4.90 Å². The Bertz CT molecular complexity index is 266. The van der Waals surface area contributed by atoms with Crippen molar-refractivity contribution in [1.29, 1.82) is 5.26 Å². The lowest BCUT2D eigenvalue weighted by molar-refractivity contribution is 0.129. The number of hydrogen-bond donors (Lipinski definition) is 0. The zero-order valence-corrected chi connectivity index (χ0v) is 8.11. The molecular weight excluding hydrogens is 180 g/mol. The molecule has 4 heteroatoms. The van der Waals surface area contributed by atoms with Crippen LogP contribution in [0.5, 0.6) is 0 Å². The molecule has 4 nitrogen and oxygen atoms in total. The van der Waals surface area contributed by atoms with Gasteiger partial charge >= 0.3 is 6.09 Å². The van der Waals surface area contributed by atoms with Gasteiger partial charge in [-0.15, -0.1) is 0 Å². The van der Waals surface area contributed by atoms with Gasteiger partial charge in [0, 0.05) is 6.04 Å². The fourth-order valence-corrected chi connectivity index (χ4v) is 2.26. The van der Waals surface area contributed by atoms with E-state index in [9.17, 15) is 4.79 Å². The molecular formula is C10H14N2O2. The first-order chi connectivity index (χ1) is 6.81. The summed E-state index contributed by atoms with van der Waals surface area (Å²) in [6, 6.07) is 2.40. The highest BCUT2D eigenvalue weighted by atomic mass is 16.6. The number of hydrogen-bond acceptors (Lipinski definition) is 3. The molecule has 1 unspecified atom stereocenters. The number of cyclic esters (lactones) is 1. The Hall–Kier alpha value is -1.24. The van der Waals surface area contributed by atoms with Crippen molar-refractivity contribution in [2.45, 2.75) is 44.2 Å². The lowest BCUT2D eigenvalue weighted by Gasteiger charge is -2.20. The summed E-state index contributed by atoms with van der Waals surface area (Å²) in [6.07, 6.45) is 4.48. The summed E-state index contributed by atoms with van der Waals surface area (Å²) in [4.78, 5) is 13.2. The molecule has 2 fully saturated rings. The van der Waals surface area contributed by atoms with Crippen molar-refractivity contribution in [2.24, 2.45) is 0 Å². The maximum atomic E-state index is 11.4. The minimum atomic E-state index is -0.225. The van der Waals surface area contributed by atoms with Crippen LogP contribution in [0.1, 0.15) is 32.1 Å². The first kappa shape index (κ1) is 9.32. The van der Waals surface area contributed by atoms with Gasteiger partial charge in [-0.2, -0.15) is 5.26 Å². The van der Waals surface area contributed by atoms with E-state index < -0.39 is 0 Å². The van der Waals surface area contributed by atoms with Gasteiger partial charge in [-0.25, -0.2) is 4.79 Å². The molecule has 1 atom stereocenters. The second kappa shape index (κ2) is 3.87. The molecule has 1 saturated heterocycles. The Labute approximate surface area is 83.4 Å². The Morgan fingerprint density at radius 2 is 2.21 bits per heavy atom. The lowest BCUT2D eigenvalue weighted by atomic mass is 10.2. The number of ether oxygens (including phenoxy) is 1. The van der Waals surface area contributed by atoms with Crippen molar-refractivity contribution in [3.63, 3.8) is 0 Å². The number of carbonyl (C=O) groups is 1. The highest BCUT2D eigenvalue weighted by molar-refractivity contribution is 5.70. The van der Waals surface area contributed by atoms with Crippen LogP contribution < -0.4 is 0 Å². The van der Waals surface area contributed by atoms with Crippen LogP contribution in [0.15, 0.2) is 0 Å². The van der Waals surface area contributed by atoms with Gasteiger partial charge in [0.1, 0.15) is 6.10 Å². The van der Waals surface area contributed by atoms with E-state index in [1.807, 2.05) is 6.07 Å². The fourth-order valence-electron chi connectivity index (χ4n) is 2.26. The molecule has 0 radical (unpaired) electrons. The molecule has 2 rings (SSSR count). The lowest BCUT2D eigenvalue weighted by Crippen LogP contribution is -2.34. The van der Waals surface area contributed by atoms with Gasteiger partial charge < -0.3 is 9.64 Å². The highest BCUT2D eigenvalue weighted by Gasteiger charge is 2.36. The fraction of sp³-hybridized carbons (Fsp3) is 0.800. The van der Waals surface area contributed by atoms with E-state index in [1.165, 1.54) is 12.8 Å². The summed E-state index contributed by atoms with van der Waals surface area (Å²) in [6.45, 7) is 0.608. The van der Waals surface area contributed by atoms with Crippen molar-refractivity contribution in [3.05, 3.63) is 0 Å². The average molecular weight is 194 g/mol. The largest absolute Gasteiger partial charge is 0.443 e. The average Bonchev–Trinajstić information content (AvgIpc) is 2.74. The number of nitrogens with zero attached hydrogens (tertiary/aromatic N) is 2. The summed E-state index contributed by atoms with van der Waals surface area (Å²) >= 11 is 0. The Morgan fingerprint density at radius 1 is 1.50 bits per heavy atom. The van der Waals surface area contributed by atoms with Crippen LogP contribution in [-0.2, 0) is 4.74 Å². The Morgan fingerprint density at radius 3 is 2.86 bits per heavy atom. The molecule has 0 spiro atoms. The minimum Gasteiger partial charge on any atom is -0.443 e. The molecule has 1 heterocycles. The van der Waals surface area contributed by atoms with E-state index in [0.717, 1.165) is 12.8 Å². The zero-order chi connectivity index (χ0) is 9.97. The van der Waals surface area contributed by atoms with Crippen LogP contribution in [0.25, 0.3) is 0 Å². The van der Waals surface area contributed by atoms with E-state index >= 15 is 0 Å². The molecule has 1 aliphatic carbocycles. The smallest absolute Gasteiger partial charge is 0.410 e. The quantitative estimate of drug-likeness (QED) is 0.671. The maximum absolute atomic E-state index is 11.4. The molecule has 0 aromatic rings. The number of carbonyl (C=O) groups excluding carboxylic acids is 1. The first-order valence-corrected chi connectivity index (χ1v) is 5.15. The summed E-state index contributed by atoms with van der Waals surface area (Å²) in [5, 5.41) is 8.50. The van der Waals surface area contributed by atoms with Crippen molar-refractivity contribution in [2.75, 3.05) is 6.54 Å². The van der Waals surface area contributed by atoms with E-state index in [0.29, 0.717) is 19.0 Å². The molecule has 76 valence electrons. The van der Waals surface area contributed by atoms with Crippen molar-refractivity contribution >= 4 is 6.09 Å². The number of rotatable bonds is 2. The van der Waals surface area contributed by atoms with Crippen LogP contribution in [0.2, 0.25) is 0 Å². The highest BCUT2D eigenvalue weighted by Crippen LogP contribution is 2.27. The topological polar surface area (TPSA) is 53.3 Å². The van der Waals surface area contributed by atoms with Crippen LogP contribution in [0.3, 0.4) is 0 Å². The molecule has 2 aliphatic rings. The van der Waals surface area contributed by atoms with Crippen molar-refractivity contribution < 1.29 is 9.53 Å². The van der Waals surface area contributed by atoms with Gasteiger partial charge in [0.25, 0.3) is 0 Å². The minimum absolute atomic E-state index is 0.201. The molecule has 0 N–H and O–H groups in total. The van der Waals surface area contributed by atoms with Gasteiger partial charge in [-0.05, 0) is 12.8 Å². The second-order valence-electron chi connectivity index (χ2n) is 3.96. The third-order valence-corrected chi connectivity index (χ3v) is 2.99. The van der Waals surface area contributed by atoms with E-state index in [-0.39, 0.29) is 12.2 Å². The van der Waals surface area contributed by atoms with Gasteiger partial charge in [0.05, 0.1) is 19.0 Å². The van der Waals surface area contributed by atoms with Crippen LogP contribution in [0, 0.1) is 11.3 Å². The monoisotopic (exact) mass is 194 g/mol. The summed E-state index contributed by atoms with van der Waals surface area (Å²) in [5.74, 6) is 0. The summed E-state index contributed by atoms with van der Waals surface area (Å²) < 4.78 is 5.09. The van der Waals surface area contributed by atoms with Gasteiger partial charge in [-0.1, -0.05) is 12.8 Å². The van der Waals surface area contributed by atoms with E-state index in [1.54, 1.807) is 4.90 Å². The Kier molecular flexibility index (Phi) is 2.58. The molecule has 1 saturated carbocycles. The van der Waals surface area contributed by atoms with Gasteiger partial charge in [-0.3, -0.25) is 0 Å². The van der Waals surface area contributed by atoms with E-state index in [4.69, 9.17) is 10.00 Å². The number of amides is 1. The van der Waals surface area contributed by atoms with Crippen LogP contribution >= 0.6 is 0 Å². The van der Waals surface area contributed by atoms with Gasteiger partial charge in [0.15, 0.2) is 0 Å². The predicted molar refractivity (Wildman–Crippen MR) is 49.5 cm³/mol. The van der Waals surface area contributed by atoms with Crippen LogP contribution in [-0.4, -0.2) is 29.7 Å². The third-order valence-electron chi connectivity index (χ3n) is 2.99. The number of nitriles is 1. The molecule has 0 aromatic carbocycles. The zero-order valence-electron chi connectivity index (χ0n) is 8.11. The second-order valence-corrected chi connectivity index (χ2v) is 3.96. The van der Waals surface area contributed by atoms with Gasteiger partial charge in [0.2, 0.25) is 0 Å². The predicted octanol–water partition coefficient (Wildman–Crippen LogP) is 1.66. The molecule has 0 bridgehead atoms. The molecule has 14 heavy (non-hydrogen) atoms. The third kappa shape index (κ3) is 1.67. The first-order valence-electron chi connectivity index (χ1n) is 5.15. The maximum Gasteiger partial charge on any atom is 0.410 e. The molecule has 0 aromatic heterocycles. The summed E-state index contributed by atoms with van der Waals surface area (Å²) in [5.41, 5.74) is 0. The Balaban J connectivity index is 1.94. The van der Waals surface area contributed by atoms with E-state index in [2.05, 4.69) is 0 Å². The molecule has 1 amide bonds.